The van der Waals surface area contributed by atoms with Crippen LogP contribution in [0.15, 0.2) is 28.9 Å². The molecule has 0 saturated heterocycles. The van der Waals surface area contributed by atoms with E-state index in [-0.39, 0.29) is 0 Å². The highest BCUT2D eigenvalue weighted by Gasteiger charge is 2.18. The number of aliphatic hydroxyl groups is 1. The Bertz CT molecular complexity index is 543. The minimum absolute atomic E-state index is 0.584. The Hall–Kier alpha value is -1.25. The molecule has 2 aromatic rings. The molecule has 1 N–H and O–H groups in total. The number of rotatable bonds is 2. The lowest BCUT2D eigenvalue weighted by Gasteiger charge is -2.14. The van der Waals surface area contributed by atoms with Gasteiger partial charge in [0.25, 0.3) is 0 Å². The van der Waals surface area contributed by atoms with Crippen molar-refractivity contribution in [1.29, 1.82) is 0 Å². The molecule has 3 heteroatoms. The number of hydrogen-bond acceptors (Lipinski definition) is 2. The lowest BCUT2D eigenvalue weighted by atomic mass is 9.98. The van der Waals surface area contributed by atoms with E-state index in [1.165, 1.54) is 0 Å². The van der Waals surface area contributed by atoms with E-state index in [1.54, 1.807) is 12.3 Å². The van der Waals surface area contributed by atoms with E-state index in [4.69, 9.17) is 16.0 Å². The molecule has 1 aromatic carbocycles. The summed E-state index contributed by atoms with van der Waals surface area (Å²) in [4.78, 5) is 0. The van der Waals surface area contributed by atoms with Gasteiger partial charge in [0, 0.05) is 16.1 Å². The van der Waals surface area contributed by atoms with Crippen LogP contribution in [0.3, 0.4) is 0 Å². The van der Waals surface area contributed by atoms with Crippen molar-refractivity contribution in [2.75, 3.05) is 0 Å². The van der Waals surface area contributed by atoms with Crippen molar-refractivity contribution in [2.45, 2.75) is 26.9 Å². The van der Waals surface area contributed by atoms with Gasteiger partial charge >= 0.3 is 0 Å². The summed E-state index contributed by atoms with van der Waals surface area (Å²) in [5.41, 5.74) is 3.72. The van der Waals surface area contributed by atoms with Gasteiger partial charge in [0.05, 0.1) is 6.26 Å². The zero-order valence-electron chi connectivity index (χ0n) is 10.1. The standard InChI is InChI=1S/C14H15ClO2/c1-8-6-12(13(15)7-9(8)2)14(16)11-4-5-17-10(11)3/h4-7,14,16H,1-3H3. The van der Waals surface area contributed by atoms with E-state index in [2.05, 4.69) is 0 Å². The molecule has 1 unspecified atom stereocenters. The third-order valence-electron chi connectivity index (χ3n) is 3.10. The van der Waals surface area contributed by atoms with Crippen molar-refractivity contribution in [2.24, 2.45) is 0 Å². The molecule has 0 saturated carbocycles. The first kappa shape index (κ1) is 12.2. The summed E-state index contributed by atoms with van der Waals surface area (Å²) in [5, 5.41) is 10.9. The second kappa shape index (κ2) is 4.55. The summed E-state index contributed by atoms with van der Waals surface area (Å²) in [6, 6.07) is 5.57. The molecular weight excluding hydrogens is 236 g/mol. The quantitative estimate of drug-likeness (QED) is 0.876. The number of aliphatic hydroxyl groups excluding tert-OH is 1. The predicted molar refractivity (Wildman–Crippen MR) is 68.4 cm³/mol. The first-order chi connectivity index (χ1) is 8.00. The van der Waals surface area contributed by atoms with Crippen LogP contribution in [-0.4, -0.2) is 5.11 Å². The van der Waals surface area contributed by atoms with Crippen molar-refractivity contribution in [3.63, 3.8) is 0 Å². The van der Waals surface area contributed by atoms with Crippen LogP contribution in [0.25, 0.3) is 0 Å². The second-order valence-electron chi connectivity index (χ2n) is 4.29. The first-order valence-corrected chi connectivity index (χ1v) is 5.87. The molecule has 0 bridgehead atoms. The molecule has 1 heterocycles. The average molecular weight is 251 g/mol. The first-order valence-electron chi connectivity index (χ1n) is 5.49. The summed E-state index contributed by atoms with van der Waals surface area (Å²) < 4.78 is 5.20. The molecule has 1 atom stereocenters. The summed E-state index contributed by atoms with van der Waals surface area (Å²) in [5.74, 6) is 0.715. The van der Waals surface area contributed by atoms with E-state index >= 15 is 0 Å². The van der Waals surface area contributed by atoms with Crippen LogP contribution in [0.5, 0.6) is 0 Å². The minimum atomic E-state index is -0.736. The Labute approximate surface area is 106 Å². The van der Waals surface area contributed by atoms with Gasteiger partial charge in [-0.1, -0.05) is 17.7 Å². The second-order valence-corrected chi connectivity index (χ2v) is 4.70. The summed E-state index contributed by atoms with van der Waals surface area (Å²) >= 11 is 6.17. The van der Waals surface area contributed by atoms with E-state index < -0.39 is 6.10 Å². The lowest BCUT2D eigenvalue weighted by molar-refractivity contribution is 0.218. The fourth-order valence-corrected chi connectivity index (χ4v) is 2.18. The van der Waals surface area contributed by atoms with Crippen LogP contribution in [0.2, 0.25) is 5.02 Å². The minimum Gasteiger partial charge on any atom is -0.469 e. The number of furan rings is 1. The highest BCUT2D eigenvalue weighted by atomic mass is 35.5. The van der Waals surface area contributed by atoms with Crippen LogP contribution in [-0.2, 0) is 0 Å². The highest BCUT2D eigenvalue weighted by Crippen LogP contribution is 2.32. The van der Waals surface area contributed by atoms with Gasteiger partial charge < -0.3 is 9.52 Å². The predicted octanol–water partition coefficient (Wildman–Crippen LogP) is 3.94. The molecule has 0 aliphatic heterocycles. The fourth-order valence-electron chi connectivity index (χ4n) is 1.86. The largest absolute Gasteiger partial charge is 0.469 e. The molecule has 0 radical (unpaired) electrons. The Morgan fingerprint density at radius 2 is 1.76 bits per heavy atom. The molecular formula is C14H15ClO2. The van der Waals surface area contributed by atoms with Gasteiger partial charge in [-0.25, -0.2) is 0 Å². The molecule has 0 spiro atoms. The maximum absolute atomic E-state index is 10.3. The van der Waals surface area contributed by atoms with Gasteiger partial charge in [0.1, 0.15) is 11.9 Å². The van der Waals surface area contributed by atoms with Gasteiger partial charge in [-0.3, -0.25) is 0 Å². The van der Waals surface area contributed by atoms with Crippen molar-refractivity contribution in [3.05, 3.63) is 57.5 Å². The smallest absolute Gasteiger partial charge is 0.109 e. The number of halogens is 1. The summed E-state index contributed by atoms with van der Waals surface area (Å²) in [6.45, 7) is 5.83. The van der Waals surface area contributed by atoms with Crippen molar-refractivity contribution >= 4 is 11.6 Å². The van der Waals surface area contributed by atoms with E-state index in [9.17, 15) is 5.11 Å². The van der Waals surface area contributed by atoms with Crippen LogP contribution in [0.4, 0.5) is 0 Å². The highest BCUT2D eigenvalue weighted by molar-refractivity contribution is 6.31. The van der Waals surface area contributed by atoms with Crippen LogP contribution in [0, 0.1) is 20.8 Å². The van der Waals surface area contributed by atoms with Crippen LogP contribution >= 0.6 is 11.6 Å². The lowest BCUT2D eigenvalue weighted by Crippen LogP contribution is -2.02. The Morgan fingerprint density at radius 3 is 2.35 bits per heavy atom. The molecule has 17 heavy (non-hydrogen) atoms. The Morgan fingerprint density at radius 1 is 1.12 bits per heavy atom. The fraction of sp³-hybridized carbons (Fsp3) is 0.286. The third-order valence-corrected chi connectivity index (χ3v) is 3.43. The van der Waals surface area contributed by atoms with Crippen LogP contribution < -0.4 is 0 Å². The van der Waals surface area contributed by atoms with E-state index in [0.29, 0.717) is 10.8 Å². The molecule has 90 valence electrons. The van der Waals surface area contributed by atoms with Crippen molar-refractivity contribution < 1.29 is 9.52 Å². The molecule has 2 rings (SSSR count). The molecule has 0 amide bonds. The normalized spacial score (nSPS) is 12.8. The zero-order chi connectivity index (χ0) is 12.6. The summed E-state index contributed by atoms with van der Waals surface area (Å²) in [6.07, 6.45) is 0.837. The number of hydrogen-bond donors (Lipinski definition) is 1. The Balaban J connectivity index is 2.48. The average Bonchev–Trinajstić information content (AvgIpc) is 2.69. The van der Waals surface area contributed by atoms with Gasteiger partial charge in [-0.15, -0.1) is 0 Å². The molecule has 0 aliphatic carbocycles. The summed E-state index contributed by atoms with van der Waals surface area (Å²) in [7, 11) is 0. The topological polar surface area (TPSA) is 33.4 Å². The van der Waals surface area contributed by atoms with Crippen molar-refractivity contribution in [3.8, 4) is 0 Å². The maximum Gasteiger partial charge on any atom is 0.109 e. The van der Waals surface area contributed by atoms with Gasteiger partial charge in [0.2, 0.25) is 0 Å². The Kier molecular flexibility index (Phi) is 3.27. The number of benzene rings is 1. The SMILES string of the molecule is Cc1cc(Cl)c(C(O)c2ccoc2C)cc1C. The third kappa shape index (κ3) is 2.24. The van der Waals surface area contributed by atoms with E-state index in [1.807, 2.05) is 32.9 Å². The molecule has 2 nitrogen and oxygen atoms in total. The van der Waals surface area contributed by atoms with Gasteiger partial charge in [-0.2, -0.15) is 0 Å². The van der Waals surface area contributed by atoms with Crippen LogP contribution in [0.1, 0.15) is 34.1 Å². The zero-order valence-corrected chi connectivity index (χ0v) is 10.9. The molecule has 0 fully saturated rings. The van der Waals surface area contributed by atoms with Gasteiger partial charge in [-0.05, 0) is 44.0 Å². The number of aryl methyl sites for hydroxylation is 3. The molecule has 1 aromatic heterocycles. The maximum atomic E-state index is 10.3. The van der Waals surface area contributed by atoms with Gasteiger partial charge in [0.15, 0.2) is 0 Å². The molecule has 0 aliphatic rings. The van der Waals surface area contributed by atoms with Crippen molar-refractivity contribution in [1.82, 2.24) is 0 Å². The monoisotopic (exact) mass is 250 g/mol. The van der Waals surface area contributed by atoms with E-state index in [0.717, 1.165) is 22.3 Å².